The number of benzene rings is 1. The first-order valence-electron chi connectivity index (χ1n) is 5.79. The van der Waals surface area contributed by atoms with Gasteiger partial charge in [0, 0.05) is 0 Å². The standard InChI is InChI=1S/C15H13NO2S/c1-10-4-3-5-11(8-10)12(9-16)14(17)15-13(18-2)6-7-19-15/h3-8,12H,1-2H3. The van der Waals surface area contributed by atoms with Crippen molar-refractivity contribution in [3.63, 3.8) is 0 Å². The maximum atomic E-state index is 12.4. The molecule has 0 aliphatic carbocycles. The number of hydrogen-bond acceptors (Lipinski definition) is 4. The lowest BCUT2D eigenvalue weighted by Gasteiger charge is -2.09. The van der Waals surface area contributed by atoms with Crippen LogP contribution in [-0.2, 0) is 0 Å². The highest BCUT2D eigenvalue weighted by Crippen LogP contribution is 2.30. The monoisotopic (exact) mass is 271 g/mol. The number of hydrogen-bond donors (Lipinski definition) is 0. The maximum Gasteiger partial charge on any atom is 0.198 e. The molecule has 96 valence electrons. The van der Waals surface area contributed by atoms with E-state index in [1.165, 1.54) is 18.4 Å². The van der Waals surface area contributed by atoms with Crippen molar-refractivity contribution in [3.05, 3.63) is 51.7 Å². The van der Waals surface area contributed by atoms with Crippen molar-refractivity contribution >= 4 is 17.1 Å². The summed E-state index contributed by atoms with van der Waals surface area (Å²) < 4.78 is 5.14. The van der Waals surface area contributed by atoms with Gasteiger partial charge in [-0.2, -0.15) is 5.26 Å². The van der Waals surface area contributed by atoms with Crippen LogP contribution in [0.1, 0.15) is 26.7 Å². The molecule has 0 saturated heterocycles. The number of rotatable bonds is 4. The number of aryl methyl sites for hydroxylation is 1. The van der Waals surface area contributed by atoms with Gasteiger partial charge in [-0.1, -0.05) is 29.8 Å². The highest BCUT2D eigenvalue weighted by molar-refractivity contribution is 7.12. The first kappa shape index (κ1) is 13.3. The second kappa shape index (κ2) is 5.68. The minimum atomic E-state index is -0.785. The van der Waals surface area contributed by atoms with Crippen molar-refractivity contribution in [2.75, 3.05) is 7.11 Å². The summed E-state index contributed by atoms with van der Waals surface area (Å²) in [6.07, 6.45) is 0. The molecule has 1 aromatic carbocycles. The number of thiophene rings is 1. The molecule has 3 nitrogen and oxygen atoms in total. The van der Waals surface area contributed by atoms with E-state index in [0.29, 0.717) is 10.6 Å². The maximum absolute atomic E-state index is 12.4. The number of ether oxygens (including phenoxy) is 1. The lowest BCUT2D eigenvalue weighted by Crippen LogP contribution is -2.11. The second-order valence-corrected chi connectivity index (χ2v) is 5.07. The Bertz CT molecular complexity index is 640. The van der Waals surface area contributed by atoms with Crippen LogP contribution in [0, 0.1) is 18.3 Å². The number of carbonyl (C=O) groups is 1. The van der Waals surface area contributed by atoms with Gasteiger partial charge in [0.2, 0.25) is 0 Å². The summed E-state index contributed by atoms with van der Waals surface area (Å²) in [7, 11) is 1.52. The Morgan fingerprint density at radius 3 is 2.84 bits per heavy atom. The van der Waals surface area contributed by atoms with Crippen LogP contribution in [0.3, 0.4) is 0 Å². The van der Waals surface area contributed by atoms with E-state index in [1.54, 1.807) is 17.5 Å². The first-order valence-corrected chi connectivity index (χ1v) is 6.67. The van der Waals surface area contributed by atoms with E-state index in [9.17, 15) is 10.1 Å². The van der Waals surface area contributed by atoms with Crippen LogP contribution in [0.15, 0.2) is 35.7 Å². The molecule has 2 aromatic rings. The fourth-order valence-electron chi connectivity index (χ4n) is 1.90. The molecule has 2 rings (SSSR count). The SMILES string of the molecule is COc1ccsc1C(=O)C(C#N)c1cccc(C)c1. The smallest absolute Gasteiger partial charge is 0.198 e. The van der Waals surface area contributed by atoms with Gasteiger partial charge in [-0.05, 0) is 23.9 Å². The molecule has 1 heterocycles. The van der Waals surface area contributed by atoms with Gasteiger partial charge in [-0.25, -0.2) is 0 Å². The third-order valence-corrected chi connectivity index (χ3v) is 3.75. The predicted molar refractivity (Wildman–Crippen MR) is 74.7 cm³/mol. The van der Waals surface area contributed by atoms with Crippen molar-refractivity contribution in [2.45, 2.75) is 12.8 Å². The van der Waals surface area contributed by atoms with Gasteiger partial charge in [0.1, 0.15) is 16.5 Å². The minimum Gasteiger partial charge on any atom is -0.495 e. The fourth-order valence-corrected chi connectivity index (χ4v) is 2.73. The molecule has 0 saturated carbocycles. The number of Topliss-reactive ketones (excluding diaryl/α,β-unsaturated/α-hetero) is 1. The number of carbonyl (C=O) groups excluding carboxylic acids is 1. The number of nitrogens with zero attached hydrogens (tertiary/aromatic N) is 1. The molecular weight excluding hydrogens is 258 g/mol. The van der Waals surface area contributed by atoms with Crippen LogP contribution in [0.25, 0.3) is 0 Å². The van der Waals surface area contributed by atoms with E-state index in [-0.39, 0.29) is 5.78 Å². The van der Waals surface area contributed by atoms with Gasteiger partial charge >= 0.3 is 0 Å². The quantitative estimate of drug-likeness (QED) is 0.799. The second-order valence-electron chi connectivity index (χ2n) is 4.16. The summed E-state index contributed by atoms with van der Waals surface area (Å²) in [6.45, 7) is 1.94. The van der Waals surface area contributed by atoms with E-state index in [1.807, 2.05) is 25.1 Å². The normalized spacial score (nSPS) is 11.6. The molecule has 0 fully saturated rings. The summed E-state index contributed by atoms with van der Waals surface area (Å²) in [5.41, 5.74) is 1.76. The predicted octanol–water partition coefficient (Wildman–Crippen LogP) is 3.56. The molecule has 0 aliphatic heterocycles. The molecule has 0 bridgehead atoms. The van der Waals surface area contributed by atoms with Crippen molar-refractivity contribution < 1.29 is 9.53 Å². The molecule has 0 spiro atoms. The molecule has 19 heavy (non-hydrogen) atoms. The Labute approximate surface area is 116 Å². The summed E-state index contributed by atoms with van der Waals surface area (Å²) in [5.74, 6) is -0.463. The van der Waals surface area contributed by atoms with E-state index >= 15 is 0 Å². The van der Waals surface area contributed by atoms with E-state index in [2.05, 4.69) is 6.07 Å². The fraction of sp³-hybridized carbons (Fsp3) is 0.200. The lowest BCUT2D eigenvalue weighted by molar-refractivity contribution is 0.0980. The summed E-state index contributed by atoms with van der Waals surface area (Å²) in [6, 6.07) is 11.3. The summed E-state index contributed by atoms with van der Waals surface area (Å²) >= 11 is 1.30. The topological polar surface area (TPSA) is 50.1 Å². The Kier molecular flexibility index (Phi) is 3.98. The lowest BCUT2D eigenvalue weighted by atomic mass is 9.94. The Morgan fingerprint density at radius 2 is 2.21 bits per heavy atom. The van der Waals surface area contributed by atoms with Crippen LogP contribution in [0.2, 0.25) is 0 Å². The number of nitriles is 1. The van der Waals surface area contributed by atoms with E-state index in [0.717, 1.165) is 11.1 Å². The summed E-state index contributed by atoms with van der Waals surface area (Å²) in [4.78, 5) is 12.9. The minimum absolute atomic E-state index is 0.208. The van der Waals surface area contributed by atoms with Crippen LogP contribution < -0.4 is 4.74 Å². The van der Waals surface area contributed by atoms with Crippen LogP contribution >= 0.6 is 11.3 Å². The van der Waals surface area contributed by atoms with Gasteiger partial charge < -0.3 is 4.74 Å². The van der Waals surface area contributed by atoms with Gasteiger partial charge in [-0.3, -0.25) is 4.79 Å². The molecule has 1 atom stereocenters. The highest BCUT2D eigenvalue weighted by atomic mass is 32.1. The van der Waals surface area contributed by atoms with Crippen LogP contribution in [0.5, 0.6) is 5.75 Å². The molecule has 1 aromatic heterocycles. The van der Waals surface area contributed by atoms with Crippen molar-refractivity contribution in [2.24, 2.45) is 0 Å². The zero-order valence-corrected chi connectivity index (χ0v) is 11.5. The summed E-state index contributed by atoms with van der Waals surface area (Å²) in [5, 5.41) is 11.1. The molecule has 0 N–H and O–H groups in total. The largest absolute Gasteiger partial charge is 0.495 e. The molecular formula is C15H13NO2S. The Hall–Kier alpha value is -2.12. The molecule has 0 radical (unpaired) electrons. The van der Waals surface area contributed by atoms with Crippen molar-refractivity contribution in [1.29, 1.82) is 5.26 Å². The average Bonchev–Trinajstić information content (AvgIpc) is 2.87. The van der Waals surface area contributed by atoms with E-state index in [4.69, 9.17) is 4.74 Å². The zero-order chi connectivity index (χ0) is 13.8. The van der Waals surface area contributed by atoms with E-state index < -0.39 is 5.92 Å². The number of ketones is 1. The third kappa shape index (κ3) is 2.67. The molecule has 0 aliphatic rings. The first-order chi connectivity index (χ1) is 9.17. The van der Waals surface area contributed by atoms with Crippen LogP contribution in [0.4, 0.5) is 0 Å². The van der Waals surface area contributed by atoms with Crippen molar-refractivity contribution in [3.8, 4) is 11.8 Å². The van der Waals surface area contributed by atoms with Gasteiger partial charge in [0.25, 0.3) is 0 Å². The van der Waals surface area contributed by atoms with Gasteiger partial charge in [0.05, 0.1) is 13.2 Å². The Balaban J connectivity index is 2.38. The van der Waals surface area contributed by atoms with Gasteiger partial charge in [0.15, 0.2) is 5.78 Å². The number of methoxy groups -OCH3 is 1. The van der Waals surface area contributed by atoms with Crippen molar-refractivity contribution in [1.82, 2.24) is 0 Å². The van der Waals surface area contributed by atoms with Gasteiger partial charge in [-0.15, -0.1) is 11.3 Å². The Morgan fingerprint density at radius 1 is 1.42 bits per heavy atom. The average molecular weight is 271 g/mol. The van der Waals surface area contributed by atoms with Crippen LogP contribution in [-0.4, -0.2) is 12.9 Å². The molecule has 1 unspecified atom stereocenters. The third-order valence-electron chi connectivity index (χ3n) is 2.84. The molecule has 4 heteroatoms. The zero-order valence-electron chi connectivity index (χ0n) is 10.7. The molecule has 0 amide bonds. The highest BCUT2D eigenvalue weighted by Gasteiger charge is 2.25.